The number of aromatic nitrogens is 2. The van der Waals surface area contributed by atoms with Crippen molar-refractivity contribution < 1.29 is 9.53 Å². The normalized spacial score (nSPS) is 13.2. The van der Waals surface area contributed by atoms with Crippen LogP contribution in [-0.2, 0) is 11.8 Å². The number of nitrogens with two attached hydrogens (primary N) is 1. The number of ether oxygens (including phenoxy) is 1. The Morgan fingerprint density at radius 3 is 2.59 bits per heavy atom. The molecule has 0 aromatic carbocycles. The zero-order valence-corrected chi connectivity index (χ0v) is 10.9. The van der Waals surface area contributed by atoms with Crippen molar-refractivity contribution in [2.24, 2.45) is 7.05 Å². The lowest BCUT2D eigenvalue weighted by Gasteiger charge is -2.21. The predicted octanol–water partition coefficient (Wildman–Crippen LogP) is 1.59. The van der Waals surface area contributed by atoms with Gasteiger partial charge in [-0.05, 0) is 27.7 Å². The molecule has 1 rings (SSSR count). The Hall–Kier alpha value is -1.72. The van der Waals surface area contributed by atoms with E-state index in [1.165, 1.54) is 0 Å². The third kappa shape index (κ3) is 3.65. The number of carbonyl (C=O) groups excluding carboxylic acids is 1. The molecule has 0 aliphatic heterocycles. The van der Waals surface area contributed by atoms with Gasteiger partial charge < -0.3 is 15.8 Å². The maximum Gasteiger partial charge on any atom is 0.408 e. The quantitative estimate of drug-likeness (QED) is 0.822. The number of hydrogen-bond donors (Lipinski definition) is 2. The van der Waals surface area contributed by atoms with Gasteiger partial charge in [-0.15, -0.1) is 0 Å². The third-order valence-corrected chi connectivity index (χ3v) is 2.21. The minimum Gasteiger partial charge on any atom is -0.444 e. The monoisotopic (exact) mass is 240 g/mol. The lowest BCUT2D eigenvalue weighted by molar-refractivity contribution is 0.0508. The van der Waals surface area contributed by atoms with Crippen molar-refractivity contribution in [3.05, 3.63) is 11.8 Å². The van der Waals surface area contributed by atoms with E-state index in [4.69, 9.17) is 10.5 Å². The molecule has 6 nitrogen and oxygen atoms in total. The summed E-state index contributed by atoms with van der Waals surface area (Å²) in [6.07, 6.45) is 1.17. The van der Waals surface area contributed by atoms with Crippen LogP contribution in [0.4, 0.5) is 10.6 Å². The third-order valence-electron chi connectivity index (χ3n) is 2.21. The van der Waals surface area contributed by atoms with E-state index in [1.807, 2.05) is 27.7 Å². The number of rotatable bonds is 2. The summed E-state index contributed by atoms with van der Waals surface area (Å²) in [6.45, 7) is 7.28. The summed E-state index contributed by atoms with van der Waals surface area (Å²) in [7, 11) is 1.75. The lowest BCUT2D eigenvalue weighted by atomic mass is 10.2. The second-order valence-electron chi connectivity index (χ2n) is 4.98. The molecule has 0 fully saturated rings. The summed E-state index contributed by atoms with van der Waals surface area (Å²) < 4.78 is 6.72. The average molecular weight is 240 g/mol. The molecule has 0 radical (unpaired) electrons. The van der Waals surface area contributed by atoms with Crippen molar-refractivity contribution in [3.8, 4) is 0 Å². The molecule has 1 atom stereocenters. The van der Waals surface area contributed by atoms with Crippen LogP contribution in [0.2, 0.25) is 0 Å². The van der Waals surface area contributed by atoms with Gasteiger partial charge in [0.15, 0.2) is 0 Å². The van der Waals surface area contributed by atoms with E-state index < -0.39 is 11.7 Å². The topological polar surface area (TPSA) is 82.2 Å². The fourth-order valence-electron chi connectivity index (χ4n) is 1.36. The van der Waals surface area contributed by atoms with Gasteiger partial charge in [0.2, 0.25) is 0 Å². The Balaban J connectivity index is 2.64. The van der Waals surface area contributed by atoms with E-state index in [9.17, 15) is 4.79 Å². The highest BCUT2D eigenvalue weighted by Gasteiger charge is 2.20. The first-order chi connectivity index (χ1) is 7.70. The molecule has 0 saturated heterocycles. The molecule has 0 saturated carbocycles. The van der Waals surface area contributed by atoms with Crippen molar-refractivity contribution >= 4 is 11.9 Å². The standard InChI is InChI=1S/C11H20N4O2/c1-7(8-6-13-15(5)9(8)12)14-10(16)17-11(2,3)4/h6-7H,12H2,1-5H3,(H,14,16). The van der Waals surface area contributed by atoms with Crippen molar-refractivity contribution in [2.75, 3.05) is 5.73 Å². The number of nitrogens with zero attached hydrogens (tertiary/aromatic N) is 2. The van der Waals surface area contributed by atoms with Crippen LogP contribution in [0, 0.1) is 0 Å². The first-order valence-corrected chi connectivity index (χ1v) is 5.47. The van der Waals surface area contributed by atoms with Gasteiger partial charge in [-0.3, -0.25) is 4.68 Å². The number of hydrogen-bond acceptors (Lipinski definition) is 4. The van der Waals surface area contributed by atoms with Crippen LogP contribution in [-0.4, -0.2) is 21.5 Å². The Morgan fingerprint density at radius 1 is 1.59 bits per heavy atom. The van der Waals surface area contributed by atoms with E-state index in [0.717, 1.165) is 5.56 Å². The van der Waals surface area contributed by atoms with Gasteiger partial charge in [-0.2, -0.15) is 5.10 Å². The number of amides is 1. The van der Waals surface area contributed by atoms with Crippen LogP contribution in [0.1, 0.15) is 39.3 Å². The highest BCUT2D eigenvalue weighted by Crippen LogP contribution is 2.19. The van der Waals surface area contributed by atoms with Crippen LogP contribution in [0.25, 0.3) is 0 Å². The van der Waals surface area contributed by atoms with Crippen molar-refractivity contribution in [3.63, 3.8) is 0 Å². The molecule has 0 spiro atoms. The molecule has 0 aliphatic carbocycles. The Bertz CT molecular complexity index is 406. The van der Waals surface area contributed by atoms with Gasteiger partial charge in [0, 0.05) is 12.6 Å². The molecule has 1 heterocycles. The second-order valence-corrected chi connectivity index (χ2v) is 4.98. The van der Waals surface area contributed by atoms with E-state index in [2.05, 4.69) is 10.4 Å². The van der Waals surface area contributed by atoms with Crippen LogP contribution in [0.3, 0.4) is 0 Å². The number of carbonyl (C=O) groups is 1. The number of nitrogen functional groups attached to an aromatic ring is 1. The second kappa shape index (κ2) is 4.65. The molecule has 0 aliphatic rings. The Morgan fingerprint density at radius 2 is 2.18 bits per heavy atom. The van der Waals surface area contributed by atoms with Gasteiger partial charge in [0.05, 0.1) is 12.2 Å². The fraction of sp³-hybridized carbons (Fsp3) is 0.636. The summed E-state index contributed by atoms with van der Waals surface area (Å²) in [4.78, 5) is 11.6. The zero-order valence-electron chi connectivity index (χ0n) is 10.9. The van der Waals surface area contributed by atoms with Gasteiger partial charge in [-0.25, -0.2) is 4.79 Å². The number of aryl methyl sites for hydroxylation is 1. The SMILES string of the molecule is CC(NC(=O)OC(C)(C)C)c1cnn(C)c1N. The fourth-order valence-corrected chi connectivity index (χ4v) is 1.36. The summed E-state index contributed by atoms with van der Waals surface area (Å²) in [5.41, 5.74) is 6.08. The van der Waals surface area contributed by atoms with E-state index in [0.29, 0.717) is 5.82 Å². The van der Waals surface area contributed by atoms with Crippen molar-refractivity contribution in [1.82, 2.24) is 15.1 Å². The molecule has 1 aromatic heterocycles. The first kappa shape index (κ1) is 13.3. The summed E-state index contributed by atoms with van der Waals surface area (Å²) in [5, 5.41) is 6.73. The molecule has 1 amide bonds. The molecule has 17 heavy (non-hydrogen) atoms. The molecular formula is C11H20N4O2. The number of anilines is 1. The molecule has 1 aromatic rings. The van der Waals surface area contributed by atoms with E-state index in [-0.39, 0.29) is 6.04 Å². The van der Waals surface area contributed by atoms with Gasteiger partial charge >= 0.3 is 6.09 Å². The smallest absolute Gasteiger partial charge is 0.408 e. The first-order valence-electron chi connectivity index (χ1n) is 5.47. The minimum atomic E-state index is -0.510. The lowest BCUT2D eigenvalue weighted by Crippen LogP contribution is -2.34. The summed E-state index contributed by atoms with van der Waals surface area (Å²) in [6, 6.07) is -0.237. The van der Waals surface area contributed by atoms with Gasteiger partial charge in [-0.1, -0.05) is 0 Å². The summed E-state index contributed by atoms with van der Waals surface area (Å²) in [5.74, 6) is 0.536. The molecular weight excluding hydrogens is 220 g/mol. The van der Waals surface area contributed by atoms with Gasteiger partial charge in [0.25, 0.3) is 0 Å². The van der Waals surface area contributed by atoms with Crippen molar-refractivity contribution in [1.29, 1.82) is 0 Å². The molecule has 3 N–H and O–H groups in total. The van der Waals surface area contributed by atoms with Crippen molar-refractivity contribution in [2.45, 2.75) is 39.3 Å². The van der Waals surface area contributed by atoms with Crippen LogP contribution < -0.4 is 11.1 Å². The van der Waals surface area contributed by atoms with Crippen LogP contribution in [0.5, 0.6) is 0 Å². The molecule has 96 valence electrons. The molecule has 1 unspecified atom stereocenters. The number of alkyl carbamates (subject to hydrolysis) is 1. The predicted molar refractivity (Wildman–Crippen MR) is 65.4 cm³/mol. The molecule has 0 bridgehead atoms. The van der Waals surface area contributed by atoms with E-state index in [1.54, 1.807) is 17.9 Å². The summed E-state index contributed by atoms with van der Waals surface area (Å²) >= 11 is 0. The van der Waals surface area contributed by atoms with Crippen LogP contribution >= 0.6 is 0 Å². The van der Waals surface area contributed by atoms with Crippen LogP contribution in [0.15, 0.2) is 6.20 Å². The highest BCUT2D eigenvalue weighted by molar-refractivity contribution is 5.68. The van der Waals surface area contributed by atoms with Gasteiger partial charge in [0.1, 0.15) is 11.4 Å². The largest absolute Gasteiger partial charge is 0.444 e. The maximum atomic E-state index is 11.6. The average Bonchev–Trinajstić information content (AvgIpc) is 2.44. The Kier molecular flexibility index (Phi) is 3.65. The maximum absolute atomic E-state index is 11.6. The zero-order chi connectivity index (χ0) is 13.2. The molecule has 6 heteroatoms. The highest BCUT2D eigenvalue weighted by atomic mass is 16.6. The Labute approximate surface area is 101 Å². The minimum absolute atomic E-state index is 0.237. The van der Waals surface area contributed by atoms with E-state index >= 15 is 0 Å². The number of nitrogens with one attached hydrogen (secondary N) is 1.